The summed E-state index contributed by atoms with van der Waals surface area (Å²) in [5, 5.41) is 0. The summed E-state index contributed by atoms with van der Waals surface area (Å²) in [7, 11) is 0. The van der Waals surface area contributed by atoms with E-state index >= 15 is 0 Å². The summed E-state index contributed by atoms with van der Waals surface area (Å²) in [6, 6.07) is 0. The Morgan fingerprint density at radius 2 is 1.75 bits per heavy atom. The first kappa shape index (κ1) is 10.7. The lowest BCUT2D eigenvalue weighted by atomic mass is 9.92. The van der Waals surface area contributed by atoms with Crippen molar-refractivity contribution in [2.24, 2.45) is 17.4 Å². The molecule has 0 aromatic rings. The SMILES string of the molecule is CC(C(N)=O)C(C)(C)OC(N)=O. The van der Waals surface area contributed by atoms with E-state index in [2.05, 4.69) is 0 Å². The van der Waals surface area contributed by atoms with Crippen LogP contribution in [0, 0.1) is 5.92 Å². The van der Waals surface area contributed by atoms with Crippen LogP contribution in [0.25, 0.3) is 0 Å². The summed E-state index contributed by atoms with van der Waals surface area (Å²) in [5.74, 6) is -1.09. The lowest BCUT2D eigenvalue weighted by Gasteiger charge is -2.28. The van der Waals surface area contributed by atoms with Crippen molar-refractivity contribution in [1.29, 1.82) is 0 Å². The molecule has 5 nitrogen and oxygen atoms in total. The normalized spacial score (nSPS) is 13.6. The van der Waals surface area contributed by atoms with Crippen molar-refractivity contribution in [2.75, 3.05) is 0 Å². The van der Waals surface area contributed by atoms with E-state index in [1.165, 1.54) is 0 Å². The maximum atomic E-state index is 10.7. The second kappa shape index (κ2) is 3.42. The maximum absolute atomic E-state index is 10.7. The van der Waals surface area contributed by atoms with Gasteiger partial charge in [0.15, 0.2) is 0 Å². The zero-order valence-corrected chi connectivity index (χ0v) is 7.46. The topological polar surface area (TPSA) is 95.4 Å². The number of primary amides is 2. The minimum atomic E-state index is -0.947. The van der Waals surface area contributed by atoms with E-state index in [4.69, 9.17) is 16.2 Å². The number of rotatable bonds is 3. The predicted molar refractivity (Wildman–Crippen MR) is 43.1 cm³/mol. The molecule has 0 aliphatic rings. The fraction of sp³-hybridized carbons (Fsp3) is 0.714. The molecule has 1 unspecified atom stereocenters. The first-order valence-electron chi connectivity index (χ1n) is 3.55. The molecule has 0 aromatic heterocycles. The molecule has 0 aliphatic heterocycles. The molecule has 70 valence electrons. The molecule has 2 amide bonds. The molecule has 0 fully saturated rings. The number of amides is 2. The van der Waals surface area contributed by atoms with Gasteiger partial charge in [0.25, 0.3) is 0 Å². The van der Waals surface area contributed by atoms with Crippen LogP contribution in [-0.2, 0) is 9.53 Å². The number of ether oxygens (including phenoxy) is 1. The highest BCUT2D eigenvalue weighted by Crippen LogP contribution is 2.20. The summed E-state index contributed by atoms with van der Waals surface area (Å²) in [6.07, 6.45) is -0.909. The zero-order chi connectivity index (χ0) is 9.94. The van der Waals surface area contributed by atoms with Gasteiger partial charge in [-0.05, 0) is 20.8 Å². The molecular weight excluding hydrogens is 160 g/mol. The van der Waals surface area contributed by atoms with E-state index in [-0.39, 0.29) is 0 Å². The van der Waals surface area contributed by atoms with E-state index in [9.17, 15) is 9.59 Å². The van der Waals surface area contributed by atoms with Crippen molar-refractivity contribution in [3.8, 4) is 0 Å². The third-order valence-corrected chi connectivity index (χ3v) is 1.83. The number of nitrogens with two attached hydrogens (primary N) is 2. The summed E-state index contributed by atoms with van der Waals surface area (Å²) >= 11 is 0. The molecule has 4 N–H and O–H groups in total. The van der Waals surface area contributed by atoms with Crippen LogP contribution in [0.1, 0.15) is 20.8 Å². The van der Waals surface area contributed by atoms with Gasteiger partial charge in [-0.1, -0.05) is 0 Å². The summed E-state index contributed by atoms with van der Waals surface area (Å²) in [4.78, 5) is 21.1. The van der Waals surface area contributed by atoms with Crippen molar-refractivity contribution in [3.63, 3.8) is 0 Å². The number of hydrogen-bond acceptors (Lipinski definition) is 3. The molecule has 12 heavy (non-hydrogen) atoms. The van der Waals surface area contributed by atoms with Crippen LogP contribution in [0.5, 0.6) is 0 Å². The van der Waals surface area contributed by atoms with Crippen LogP contribution >= 0.6 is 0 Å². The van der Waals surface area contributed by atoms with E-state index < -0.39 is 23.5 Å². The van der Waals surface area contributed by atoms with Crippen molar-refractivity contribution < 1.29 is 14.3 Å². The highest BCUT2D eigenvalue weighted by atomic mass is 16.6. The first-order chi connectivity index (χ1) is 5.27. The Hall–Kier alpha value is -1.26. The van der Waals surface area contributed by atoms with Gasteiger partial charge >= 0.3 is 6.09 Å². The second-order valence-electron chi connectivity index (χ2n) is 3.15. The largest absolute Gasteiger partial charge is 0.443 e. The molecule has 0 rings (SSSR count). The minimum absolute atomic E-state index is 0.527. The van der Waals surface area contributed by atoms with E-state index in [0.717, 1.165) is 0 Å². The van der Waals surface area contributed by atoms with Gasteiger partial charge in [-0.3, -0.25) is 4.79 Å². The monoisotopic (exact) mass is 174 g/mol. The van der Waals surface area contributed by atoms with Crippen LogP contribution in [-0.4, -0.2) is 17.6 Å². The average Bonchev–Trinajstić information content (AvgIpc) is 1.82. The third-order valence-electron chi connectivity index (χ3n) is 1.83. The summed E-state index contributed by atoms with van der Waals surface area (Å²) in [6.45, 7) is 4.73. The van der Waals surface area contributed by atoms with Gasteiger partial charge in [0.05, 0.1) is 5.92 Å². The quantitative estimate of drug-likeness (QED) is 0.629. The standard InChI is InChI=1S/C7H14N2O3/c1-4(5(8)10)7(2,3)12-6(9)11/h4H,1-3H3,(H2,8,10)(H2,9,11). The Bertz CT molecular complexity index is 201. The molecule has 0 spiro atoms. The van der Waals surface area contributed by atoms with Crippen molar-refractivity contribution in [2.45, 2.75) is 26.4 Å². The summed E-state index contributed by atoms with van der Waals surface area (Å²) < 4.78 is 4.70. The molecule has 0 aliphatic carbocycles. The van der Waals surface area contributed by atoms with E-state index in [1.54, 1.807) is 20.8 Å². The smallest absolute Gasteiger partial charge is 0.405 e. The highest BCUT2D eigenvalue weighted by Gasteiger charge is 2.33. The molecule has 0 bridgehead atoms. The van der Waals surface area contributed by atoms with Gasteiger partial charge < -0.3 is 16.2 Å². The van der Waals surface area contributed by atoms with Gasteiger partial charge in [-0.2, -0.15) is 0 Å². The maximum Gasteiger partial charge on any atom is 0.405 e. The van der Waals surface area contributed by atoms with Crippen molar-refractivity contribution in [3.05, 3.63) is 0 Å². The van der Waals surface area contributed by atoms with Crippen molar-refractivity contribution >= 4 is 12.0 Å². The summed E-state index contributed by atoms with van der Waals surface area (Å²) in [5.41, 5.74) is 8.88. The Kier molecular flexibility index (Phi) is 3.06. The highest BCUT2D eigenvalue weighted by molar-refractivity contribution is 5.78. The van der Waals surface area contributed by atoms with Gasteiger partial charge in [0.2, 0.25) is 5.91 Å². The molecule has 0 saturated heterocycles. The number of carbonyl (C=O) groups is 2. The van der Waals surface area contributed by atoms with Crippen molar-refractivity contribution in [1.82, 2.24) is 0 Å². The van der Waals surface area contributed by atoms with Crippen LogP contribution < -0.4 is 11.5 Å². The molecule has 0 aromatic carbocycles. The molecule has 5 heteroatoms. The van der Waals surface area contributed by atoms with E-state index in [0.29, 0.717) is 0 Å². The van der Waals surface area contributed by atoms with Gasteiger partial charge in [-0.25, -0.2) is 4.79 Å². The van der Waals surface area contributed by atoms with Crippen LogP contribution in [0.3, 0.4) is 0 Å². The number of hydrogen-bond donors (Lipinski definition) is 2. The first-order valence-corrected chi connectivity index (χ1v) is 3.55. The Morgan fingerprint density at radius 3 is 2.00 bits per heavy atom. The fourth-order valence-electron chi connectivity index (χ4n) is 0.690. The van der Waals surface area contributed by atoms with Gasteiger partial charge in [-0.15, -0.1) is 0 Å². The van der Waals surface area contributed by atoms with Gasteiger partial charge in [0, 0.05) is 0 Å². The molecular formula is C7H14N2O3. The lowest BCUT2D eigenvalue weighted by molar-refractivity contribution is -0.128. The molecule has 0 heterocycles. The second-order valence-corrected chi connectivity index (χ2v) is 3.15. The van der Waals surface area contributed by atoms with Crippen LogP contribution in [0.4, 0.5) is 4.79 Å². The average molecular weight is 174 g/mol. The fourth-order valence-corrected chi connectivity index (χ4v) is 0.690. The predicted octanol–water partition coefficient (Wildman–Crippen LogP) is -0.0183. The third kappa shape index (κ3) is 2.77. The zero-order valence-electron chi connectivity index (χ0n) is 7.46. The molecule has 0 radical (unpaired) electrons. The lowest BCUT2D eigenvalue weighted by Crippen LogP contribution is -2.43. The van der Waals surface area contributed by atoms with Crippen LogP contribution in [0.2, 0.25) is 0 Å². The Balaban J connectivity index is 4.38. The van der Waals surface area contributed by atoms with E-state index in [1.807, 2.05) is 0 Å². The molecule has 1 atom stereocenters. The van der Waals surface area contributed by atoms with Crippen LogP contribution in [0.15, 0.2) is 0 Å². The Labute approximate surface area is 71.0 Å². The minimum Gasteiger partial charge on any atom is -0.443 e. The Morgan fingerprint density at radius 1 is 1.33 bits per heavy atom. The molecule has 0 saturated carbocycles. The number of carbonyl (C=O) groups excluding carboxylic acids is 2. The van der Waals surface area contributed by atoms with Gasteiger partial charge in [0.1, 0.15) is 5.60 Å².